The van der Waals surface area contributed by atoms with E-state index in [1.807, 2.05) is 54.6 Å². The Bertz CT molecular complexity index is 952. The lowest BCUT2D eigenvalue weighted by Gasteiger charge is -2.07. The molecular weight excluding hydrogens is 276 g/mol. The van der Waals surface area contributed by atoms with Gasteiger partial charge in [0.2, 0.25) is 0 Å². The van der Waals surface area contributed by atoms with Crippen LogP contribution in [0.2, 0.25) is 0 Å². The van der Waals surface area contributed by atoms with Gasteiger partial charge >= 0.3 is 0 Å². The molecule has 2 aromatic heterocycles. The summed E-state index contributed by atoms with van der Waals surface area (Å²) in [5.41, 5.74) is 2.95. The van der Waals surface area contributed by atoms with E-state index in [4.69, 9.17) is 4.42 Å². The van der Waals surface area contributed by atoms with Crippen LogP contribution in [0.4, 0.5) is 0 Å². The third-order valence-electron chi connectivity index (χ3n) is 3.62. The van der Waals surface area contributed by atoms with Crippen LogP contribution < -0.4 is 0 Å². The number of para-hydroxylation sites is 2. The third-order valence-corrected chi connectivity index (χ3v) is 3.62. The number of hydrogen-bond acceptors (Lipinski definition) is 3. The molecule has 0 radical (unpaired) electrons. The van der Waals surface area contributed by atoms with Crippen LogP contribution >= 0.6 is 0 Å². The number of aromatic nitrogens is 2. The summed E-state index contributed by atoms with van der Waals surface area (Å²) in [7, 11) is 0. The zero-order valence-corrected chi connectivity index (χ0v) is 11.6. The molecule has 0 aliphatic carbocycles. The molecule has 0 saturated heterocycles. The predicted octanol–water partition coefficient (Wildman–Crippen LogP) is 3.98. The normalized spacial score (nSPS) is 10.9. The lowest BCUT2D eigenvalue weighted by Crippen LogP contribution is -2.11. The highest BCUT2D eigenvalue weighted by Crippen LogP contribution is 2.25. The minimum Gasteiger partial charge on any atom is -0.464 e. The Hall–Kier alpha value is -3.14. The van der Waals surface area contributed by atoms with Crippen LogP contribution in [0.25, 0.3) is 22.4 Å². The number of imidazole rings is 1. The number of fused-ring (bicyclic) bond motifs is 1. The van der Waals surface area contributed by atoms with Crippen molar-refractivity contribution in [1.82, 2.24) is 9.55 Å². The number of carbonyl (C=O) groups excluding carboxylic acids is 1. The van der Waals surface area contributed by atoms with Gasteiger partial charge in [-0.25, -0.2) is 4.98 Å². The Morgan fingerprint density at radius 2 is 1.77 bits per heavy atom. The van der Waals surface area contributed by atoms with Gasteiger partial charge in [-0.05, 0) is 30.3 Å². The first-order valence-electron chi connectivity index (χ1n) is 6.94. The Morgan fingerprint density at radius 1 is 0.955 bits per heavy atom. The van der Waals surface area contributed by atoms with E-state index in [-0.39, 0.29) is 5.91 Å². The van der Waals surface area contributed by atoms with Crippen LogP contribution in [0, 0.1) is 0 Å². The van der Waals surface area contributed by atoms with Crippen molar-refractivity contribution < 1.29 is 9.21 Å². The molecule has 4 nitrogen and oxygen atoms in total. The summed E-state index contributed by atoms with van der Waals surface area (Å²) in [5, 5.41) is 0. The summed E-state index contributed by atoms with van der Waals surface area (Å²) in [6.45, 7) is 0. The largest absolute Gasteiger partial charge is 0.464 e. The molecule has 2 aromatic carbocycles. The molecule has 2 heterocycles. The Kier molecular flexibility index (Phi) is 2.86. The zero-order chi connectivity index (χ0) is 14.9. The standard InChI is InChI=1S/C18H12N2O2/c21-18(20-12-19-15-8-3-4-9-16(15)20)14-7-2-1-6-13(14)17-10-5-11-22-17/h1-12H. The average molecular weight is 288 g/mol. The van der Waals surface area contributed by atoms with Crippen molar-refractivity contribution in [3.8, 4) is 11.3 Å². The molecule has 0 saturated carbocycles. The maximum Gasteiger partial charge on any atom is 0.264 e. The first-order chi connectivity index (χ1) is 10.8. The van der Waals surface area contributed by atoms with Crippen molar-refractivity contribution in [2.24, 2.45) is 0 Å². The Balaban J connectivity index is 1.88. The molecule has 4 heteroatoms. The van der Waals surface area contributed by atoms with E-state index >= 15 is 0 Å². The molecule has 0 N–H and O–H groups in total. The second-order valence-corrected chi connectivity index (χ2v) is 4.93. The fraction of sp³-hybridized carbons (Fsp3) is 0. The van der Waals surface area contributed by atoms with Crippen LogP contribution in [-0.4, -0.2) is 15.5 Å². The molecule has 0 spiro atoms. The Morgan fingerprint density at radius 3 is 2.64 bits per heavy atom. The van der Waals surface area contributed by atoms with Gasteiger partial charge in [-0.3, -0.25) is 9.36 Å². The molecule has 106 valence electrons. The highest BCUT2D eigenvalue weighted by Gasteiger charge is 2.17. The molecule has 0 fully saturated rings. The van der Waals surface area contributed by atoms with Gasteiger partial charge in [-0.15, -0.1) is 0 Å². The monoisotopic (exact) mass is 288 g/mol. The highest BCUT2D eigenvalue weighted by molar-refractivity contribution is 6.05. The molecule has 0 amide bonds. The third kappa shape index (κ3) is 1.93. The van der Waals surface area contributed by atoms with Crippen molar-refractivity contribution in [2.75, 3.05) is 0 Å². The highest BCUT2D eigenvalue weighted by atomic mass is 16.3. The van der Waals surface area contributed by atoms with E-state index in [9.17, 15) is 4.79 Å². The summed E-state index contributed by atoms with van der Waals surface area (Å²) in [6, 6.07) is 18.6. The predicted molar refractivity (Wildman–Crippen MR) is 83.6 cm³/mol. The number of nitrogens with zero attached hydrogens (tertiary/aromatic N) is 2. The number of carbonyl (C=O) groups is 1. The van der Waals surface area contributed by atoms with Crippen LogP contribution in [0.3, 0.4) is 0 Å². The van der Waals surface area contributed by atoms with E-state index in [0.29, 0.717) is 11.3 Å². The van der Waals surface area contributed by atoms with Gasteiger partial charge < -0.3 is 4.42 Å². The van der Waals surface area contributed by atoms with Gasteiger partial charge in [0.15, 0.2) is 0 Å². The molecule has 0 aliphatic rings. The van der Waals surface area contributed by atoms with Crippen molar-refractivity contribution in [3.05, 3.63) is 78.8 Å². The van der Waals surface area contributed by atoms with Crippen LogP contribution in [0.5, 0.6) is 0 Å². The number of benzene rings is 2. The number of furan rings is 1. The van der Waals surface area contributed by atoms with Crippen molar-refractivity contribution >= 4 is 16.9 Å². The van der Waals surface area contributed by atoms with E-state index in [2.05, 4.69) is 4.98 Å². The maximum atomic E-state index is 12.9. The summed E-state index contributed by atoms with van der Waals surface area (Å²) < 4.78 is 7.00. The second-order valence-electron chi connectivity index (χ2n) is 4.93. The first-order valence-corrected chi connectivity index (χ1v) is 6.94. The average Bonchev–Trinajstić information content (AvgIpc) is 3.24. The van der Waals surface area contributed by atoms with Crippen molar-refractivity contribution in [1.29, 1.82) is 0 Å². The smallest absolute Gasteiger partial charge is 0.264 e. The van der Waals surface area contributed by atoms with E-state index in [1.165, 1.54) is 0 Å². The van der Waals surface area contributed by atoms with E-state index in [0.717, 1.165) is 16.6 Å². The SMILES string of the molecule is O=C(c1ccccc1-c1ccco1)n1cnc2ccccc21. The fourth-order valence-electron chi connectivity index (χ4n) is 2.57. The summed E-state index contributed by atoms with van der Waals surface area (Å²) in [5.74, 6) is 0.550. The molecule has 0 aliphatic heterocycles. The lowest BCUT2D eigenvalue weighted by atomic mass is 10.0. The van der Waals surface area contributed by atoms with E-state index in [1.54, 1.807) is 23.2 Å². The van der Waals surface area contributed by atoms with Crippen molar-refractivity contribution in [3.63, 3.8) is 0 Å². The van der Waals surface area contributed by atoms with Crippen LogP contribution in [-0.2, 0) is 0 Å². The molecule has 4 aromatic rings. The van der Waals surface area contributed by atoms with Gasteiger partial charge in [0.1, 0.15) is 12.1 Å². The molecular formula is C18H12N2O2. The Labute approximate surface area is 126 Å². The first kappa shape index (κ1) is 12.6. The second kappa shape index (κ2) is 5.00. The summed E-state index contributed by atoms with van der Waals surface area (Å²) in [4.78, 5) is 17.2. The molecule has 0 bridgehead atoms. The van der Waals surface area contributed by atoms with Gasteiger partial charge in [-0.1, -0.05) is 30.3 Å². The molecule has 0 unspecified atom stereocenters. The fourth-order valence-corrected chi connectivity index (χ4v) is 2.57. The van der Waals surface area contributed by atoms with Gasteiger partial charge in [0.05, 0.1) is 22.9 Å². The lowest BCUT2D eigenvalue weighted by molar-refractivity contribution is 0.0965. The van der Waals surface area contributed by atoms with Gasteiger partial charge in [0, 0.05) is 5.56 Å². The number of rotatable bonds is 2. The minimum absolute atomic E-state index is 0.124. The maximum absolute atomic E-state index is 12.9. The minimum atomic E-state index is -0.124. The van der Waals surface area contributed by atoms with Crippen LogP contribution in [0.15, 0.2) is 77.7 Å². The van der Waals surface area contributed by atoms with Crippen LogP contribution in [0.1, 0.15) is 10.4 Å². The summed E-state index contributed by atoms with van der Waals surface area (Å²) in [6.07, 6.45) is 3.16. The van der Waals surface area contributed by atoms with Crippen molar-refractivity contribution in [2.45, 2.75) is 0 Å². The summed E-state index contributed by atoms with van der Waals surface area (Å²) >= 11 is 0. The quantitative estimate of drug-likeness (QED) is 0.560. The number of hydrogen-bond donors (Lipinski definition) is 0. The molecule has 0 atom stereocenters. The molecule has 22 heavy (non-hydrogen) atoms. The zero-order valence-electron chi connectivity index (χ0n) is 11.6. The molecule has 4 rings (SSSR count). The van der Waals surface area contributed by atoms with E-state index < -0.39 is 0 Å². The topological polar surface area (TPSA) is 48.0 Å². The van der Waals surface area contributed by atoms with Gasteiger partial charge in [-0.2, -0.15) is 0 Å². The van der Waals surface area contributed by atoms with Gasteiger partial charge in [0.25, 0.3) is 5.91 Å².